The number of ketones is 2. The third kappa shape index (κ3) is 1.46. The quantitative estimate of drug-likeness (QED) is 0.723. The Balaban J connectivity index is 2.37. The Hall–Kier alpha value is -2.62. The molecule has 0 aliphatic heterocycles. The Kier molecular flexibility index (Phi) is 2.38. The number of phenols is 1. The highest BCUT2D eigenvalue weighted by atomic mass is 16.5. The largest absolute Gasteiger partial charge is 0.507 e. The van der Waals surface area contributed by atoms with Gasteiger partial charge in [0.15, 0.2) is 5.78 Å². The van der Waals surface area contributed by atoms with Crippen LogP contribution < -0.4 is 4.74 Å². The van der Waals surface area contributed by atoms with E-state index in [1.54, 1.807) is 24.3 Å². The van der Waals surface area contributed by atoms with Crippen molar-refractivity contribution in [3.8, 4) is 11.5 Å². The van der Waals surface area contributed by atoms with Crippen LogP contribution in [0.5, 0.6) is 11.5 Å². The van der Waals surface area contributed by atoms with Gasteiger partial charge in [-0.25, -0.2) is 0 Å². The second kappa shape index (κ2) is 3.95. The summed E-state index contributed by atoms with van der Waals surface area (Å²) >= 11 is 0. The minimum Gasteiger partial charge on any atom is -0.507 e. The number of carbonyl (C=O) groups excluding carboxylic acids is 2. The van der Waals surface area contributed by atoms with Crippen LogP contribution in [0.15, 0.2) is 36.4 Å². The Labute approximate surface area is 109 Å². The van der Waals surface area contributed by atoms with Crippen molar-refractivity contribution in [2.24, 2.45) is 0 Å². The number of benzene rings is 2. The fourth-order valence-corrected chi connectivity index (χ4v) is 2.36. The molecule has 1 aliphatic rings. The molecule has 0 bridgehead atoms. The molecule has 0 saturated heterocycles. The van der Waals surface area contributed by atoms with Crippen LogP contribution >= 0.6 is 0 Å². The first-order valence-corrected chi connectivity index (χ1v) is 5.73. The zero-order valence-electron chi connectivity index (χ0n) is 10.1. The van der Waals surface area contributed by atoms with E-state index in [4.69, 9.17) is 4.74 Å². The molecule has 94 valence electrons. The molecule has 0 amide bonds. The van der Waals surface area contributed by atoms with Gasteiger partial charge in [-0.2, -0.15) is 0 Å². The molecular formula is C15H10O4. The zero-order chi connectivity index (χ0) is 13.6. The molecule has 1 N–H and O–H groups in total. The third-order valence-electron chi connectivity index (χ3n) is 3.23. The Morgan fingerprint density at radius 1 is 0.895 bits per heavy atom. The summed E-state index contributed by atoms with van der Waals surface area (Å²) < 4.78 is 5.13. The van der Waals surface area contributed by atoms with E-state index < -0.39 is 0 Å². The van der Waals surface area contributed by atoms with E-state index in [-0.39, 0.29) is 34.0 Å². The van der Waals surface area contributed by atoms with Gasteiger partial charge in [0.2, 0.25) is 5.78 Å². The molecule has 4 heteroatoms. The van der Waals surface area contributed by atoms with Crippen molar-refractivity contribution in [2.45, 2.75) is 0 Å². The van der Waals surface area contributed by atoms with Gasteiger partial charge in [-0.15, -0.1) is 0 Å². The molecule has 19 heavy (non-hydrogen) atoms. The summed E-state index contributed by atoms with van der Waals surface area (Å²) in [5.41, 5.74) is 0.793. The second-order valence-corrected chi connectivity index (χ2v) is 4.24. The lowest BCUT2D eigenvalue weighted by molar-refractivity contribution is 0.0974. The molecule has 0 spiro atoms. The topological polar surface area (TPSA) is 63.6 Å². The van der Waals surface area contributed by atoms with Gasteiger partial charge in [0, 0.05) is 11.1 Å². The number of aromatic hydroxyl groups is 1. The van der Waals surface area contributed by atoms with Crippen LogP contribution in [0.2, 0.25) is 0 Å². The molecule has 0 unspecified atom stereocenters. The molecule has 0 aromatic heterocycles. The van der Waals surface area contributed by atoms with Gasteiger partial charge in [0.05, 0.1) is 18.2 Å². The van der Waals surface area contributed by atoms with Crippen LogP contribution in [0, 0.1) is 0 Å². The summed E-state index contributed by atoms with van der Waals surface area (Å²) in [7, 11) is 1.44. The lowest BCUT2D eigenvalue weighted by Crippen LogP contribution is -2.21. The zero-order valence-corrected chi connectivity index (χ0v) is 10.1. The maximum absolute atomic E-state index is 12.5. The van der Waals surface area contributed by atoms with Gasteiger partial charge in [0.25, 0.3) is 0 Å². The predicted molar refractivity (Wildman–Crippen MR) is 68.0 cm³/mol. The van der Waals surface area contributed by atoms with Crippen molar-refractivity contribution in [2.75, 3.05) is 7.11 Å². The summed E-state index contributed by atoms with van der Waals surface area (Å²) in [6, 6.07) is 9.35. The smallest absolute Gasteiger partial charge is 0.201 e. The maximum Gasteiger partial charge on any atom is 0.201 e. The summed E-state index contributed by atoms with van der Waals surface area (Å²) in [5, 5.41) is 9.82. The minimum absolute atomic E-state index is 0.0458. The molecule has 0 fully saturated rings. The van der Waals surface area contributed by atoms with Gasteiger partial charge >= 0.3 is 0 Å². The van der Waals surface area contributed by atoms with E-state index in [0.29, 0.717) is 11.3 Å². The van der Waals surface area contributed by atoms with Gasteiger partial charge in [0.1, 0.15) is 11.5 Å². The minimum atomic E-state index is -0.389. The summed E-state index contributed by atoms with van der Waals surface area (Å²) in [6.07, 6.45) is 0. The van der Waals surface area contributed by atoms with Crippen LogP contribution in [0.1, 0.15) is 31.8 Å². The lowest BCUT2D eigenvalue weighted by Gasteiger charge is -2.19. The molecule has 0 atom stereocenters. The second-order valence-electron chi connectivity index (χ2n) is 4.24. The molecule has 1 aliphatic carbocycles. The van der Waals surface area contributed by atoms with E-state index in [2.05, 4.69) is 0 Å². The van der Waals surface area contributed by atoms with Gasteiger partial charge in [-0.05, 0) is 12.1 Å². The number of fused-ring (bicyclic) bond motifs is 2. The monoisotopic (exact) mass is 254 g/mol. The van der Waals surface area contributed by atoms with E-state index >= 15 is 0 Å². The standard InChI is InChI=1S/C15H10O4/c1-19-11-7-3-5-9-13(11)15(18)12-8(14(9)17)4-2-6-10(12)16/h2-7,16H,1H3. The first kappa shape index (κ1) is 11.5. The van der Waals surface area contributed by atoms with Gasteiger partial charge < -0.3 is 9.84 Å². The highest BCUT2D eigenvalue weighted by molar-refractivity contribution is 6.30. The van der Waals surface area contributed by atoms with Crippen molar-refractivity contribution in [3.63, 3.8) is 0 Å². The number of hydrogen-bond donors (Lipinski definition) is 1. The number of methoxy groups -OCH3 is 1. The number of rotatable bonds is 1. The maximum atomic E-state index is 12.5. The molecule has 3 rings (SSSR count). The average molecular weight is 254 g/mol. The molecule has 4 nitrogen and oxygen atoms in total. The summed E-state index contributed by atoms with van der Waals surface area (Å²) in [4.78, 5) is 24.8. The summed E-state index contributed by atoms with van der Waals surface area (Å²) in [5.74, 6) is -0.517. The van der Waals surface area contributed by atoms with Crippen LogP contribution in [0.25, 0.3) is 0 Å². The van der Waals surface area contributed by atoms with Crippen molar-refractivity contribution in [1.82, 2.24) is 0 Å². The van der Waals surface area contributed by atoms with Crippen molar-refractivity contribution in [3.05, 3.63) is 58.7 Å². The molecular weight excluding hydrogens is 244 g/mol. The van der Waals surface area contributed by atoms with E-state index in [0.717, 1.165) is 0 Å². The normalized spacial score (nSPS) is 12.9. The molecule has 2 aromatic carbocycles. The third-order valence-corrected chi connectivity index (χ3v) is 3.23. The first-order chi connectivity index (χ1) is 9.15. The first-order valence-electron chi connectivity index (χ1n) is 5.73. The number of carbonyl (C=O) groups is 2. The highest BCUT2D eigenvalue weighted by Gasteiger charge is 2.33. The van der Waals surface area contributed by atoms with Crippen LogP contribution in [0.3, 0.4) is 0 Å². The lowest BCUT2D eigenvalue weighted by atomic mass is 9.83. The van der Waals surface area contributed by atoms with Crippen molar-refractivity contribution < 1.29 is 19.4 Å². The highest BCUT2D eigenvalue weighted by Crippen LogP contribution is 2.36. The number of hydrogen-bond acceptors (Lipinski definition) is 4. The number of phenolic OH excluding ortho intramolecular Hbond substituents is 1. The molecule has 0 saturated carbocycles. The average Bonchev–Trinajstić information content (AvgIpc) is 2.43. The Morgan fingerprint density at radius 3 is 2.21 bits per heavy atom. The van der Waals surface area contributed by atoms with E-state index in [9.17, 15) is 14.7 Å². The van der Waals surface area contributed by atoms with Crippen LogP contribution in [0.4, 0.5) is 0 Å². The fraction of sp³-hybridized carbons (Fsp3) is 0.0667. The summed E-state index contributed by atoms with van der Waals surface area (Å²) in [6.45, 7) is 0. The van der Waals surface area contributed by atoms with Gasteiger partial charge in [-0.1, -0.05) is 24.3 Å². The predicted octanol–water partition coefficient (Wildman–Crippen LogP) is 2.18. The number of ether oxygens (including phenoxy) is 1. The van der Waals surface area contributed by atoms with Crippen molar-refractivity contribution >= 4 is 11.6 Å². The molecule has 0 radical (unpaired) electrons. The van der Waals surface area contributed by atoms with Crippen LogP contribution in [-0.4, -0.2) is 23.8 Å². The van der Waals surface area contributed by atoms with E-state index in [1.165, 1.54) is 19.2 Å². The fourth-order valence-electron chi connectivity index (χ4n) is 2.36. The Morgan fingerprint density at radius 2 is 1.53 bits per heavy atom. The van der Waals surface area contributed by atoms with E-state index in [1.807, 2.05) is 0 Å². The molecule has 2 aromatic rings. The van der Waals surface area contributed by atoms with Crippen LogP contribution in [-0.2, 0) is 0 Å². The SMILES string of the molecule is COc1cccc2c1C(=O)c1c(O)cccc1C2=O. The Bertz CT molecular complexity index is 716. The molecule has 0 heterocycles. The van der Waals surface area contributed by atoms with Gasteiger partial charge in [-0.3, -0.25) is 9.59 Å². The van der Waals surface area contributed by atoms with Crippen molar-refractivity contribution in [1.29, 1.82) is 0 Å².